The summed E-state index contributed by atoms with van der Waals surface area (Å²) in [5.74, 6) is -3.06. The van der Waals surface area contributed by atoms with Gasteiger partial charge in [-0.05, 0) is 62.9 Å². The van der Waals surface area contributed by atoms with E-state index in [2.05, 4.69) is 23.8 Å². The number of carbonyl (C=O) groups excluding carboxylic acids is 3. The molecule has 10 nitrogen and oxygen atoms in total. The second kappa shape index (κ2) is 10.3. The Hall–Kier alpha value is -4.60. The lowest BCUT2D eigenvalue weighted by Crippen LogP contribution is -2.21. The van der Waals surface area contributed by atoms with Gasteiger partial charge in [0.15, 0.2) is 5.78 Å². The van der Waals surface area contributed by atoms with Crippen LogP contribution in [0.2, 0.25) is 0 Å². The Balaban J connectivity index is 1.79. The van der Waals surface area contributed by atoms with Crippen molar-refractivity contribution in [3.05, 3.63) is 69.1 Å². The van der Waals surface area contributed by atoms with Gasteiger partial charge < -0.3 is 19.8 Å². The molecule has 0 amide bonds. The summed E-state index contributed by atoms with van der Waals surface area (Å²) in [4.78, 5) is 67.6. The summed E-state index contributed by atoms with van der Waals surface area (Å²) in [6.07, 6.45) is 0.949. The highest BCUT2D eigenvalue weighted by Crippen LogP contribution is 2.45. The van der Waals surface area contributed by atoms with Gasteiger partial charge in [0.25, 0.3) is 0 Å². The number of H-pyrrole nitrogens is 2. The van der Waals surface area contributed by atoms with Crippen molar-refractivity contribution in [2.45, 2.75) is 84.5 Å². The van der Waals surface area contributed by atoms with Gasteiger partial charge in [-0.1, -0.05) is 20.8 Å². The van der Waals surface area contributed by atoms with Crippen LogP contribution in [0.4, 0.5) is 0 Å². The number of nitrogens with zero attached hydrogens (tertiary/aromatic N) is 2. The number of carbonyl (C=O) groups is 4. The number of aryl methyl sites for hydroxylation is 1. The number of Topliss-reactive ketones (excluding diaryl/α,β-unsaturated/α-hetero) is 1. The van der Waals surface area contributed by atoms with Gasteiger partial charge >= 0.3 is 17.9 Å². The van der Waals surface area contributed by atoms with Crippen LogP contribution in [-0.4, -0.2) is 48.7 Å². The summed E-state index contributed by atoms with van der Waals surface area (Å²) in [7, 11) is 0. The van der Waals surface area contributed by atoms with E-state index in [-0.39, 0.29) is 47.5 Å². The normalized spacial score (nSPS) is 22.0. The van der Waals surface area contributed by atoms with Crippen molar-refractivity contribution in [3.63, 3.8) is 0 Å². The number of aliphatic carboxylic acids is 1. The minimum atomic E-state index is -0.960. The number of nitrogens with one attached hydrogen (secondary N) is 2. The molecule has 6 heterocycles. The van der Waals surface area contributed by atoms with Gasteiger partial charge in [-0.2, -0.15) is 0 Å². The monoisotopic (exact) mass is 582 g/mol. The van der Waals surface area contributed by atoms with Crippen LogP contribution >= 0.6 is 0 Å². The first-order valence-electron chi connectivity index (χ1n) is 14.7. The molecule has 2 unspecified atom stereocenters. The third-order valence-corrected chi connectivity index (χ3v) is 9.44. The van der Waals surface area contributed by atoms with E-state index in [4.69, 9.17) is 14.7 Å². The van der Waals surface area contributed by atoms with Gasteiger partial charge in [0.1, 0.15) is 5.56 Å². The molecule has 4 aliphatic rings. The third kappa shape index (κ3) is 4.47. The Morgan fingerprint density at radius 2 is 1.65 bits per heavy atom. The lowest BCUT2D eigenvalue weighted by molar-refractivity contribution is -0.137. The number of cyclic esters (lactones) is 2. The zero-order valence-corrected chi connectivity index (χ0v) is 25.0. The van der Waals surface area contributed by atoms with Crippen molar-refractivity contribution in [3.8, 4) is 0 Å². The van der Waals surface area contributed by atoms with E-state index in [1.54, 1.807) is 0 Å². The first-order chi connectivity index (χ1) is 20.4. The topological polar surface area (TPSA) is 155 Å². The van der Waals surface area contributed by atoms with E-state index in [9.17, 15) is 24.3 Å². The molecule has 3 N–H and O–H groups in total. The van der Waals surface area contributed by atoms with Crippen LogP contribution in [0.25, 0.3) is 22.2 Å². The fraction of sp³-hybridized carbons (Fsp3) is 0.394. The van der Waals surface area contributed by atoms with E-state index in [1.165, 1.54) is 6.92 Å². The second-order valence-corrected chi connectivity index (χ2v) is 11.9. The quantitative estimate of drug-likeness (QED) is 0.277. The number of rotatable bonds is 5. The number of carboxylic acids is 1. The maximum Gasteiger partial charge on any atom is 0.350 e. The molecule has 0 saturated carbocycles. The zero-order valence-electron chi connectivity index (χ0n) is 25.0. The Kier molecular flexibility index (Phi) is 6.82. The maximum absolute atomic E-state index is 13.4. The van der Waals surface area contributed by atoms with Crippen molar-refractivity contribution >= 4 is 45.9 Å². The van der Waals surface area contributed by atoms with Crippen LogP contribution in [0.3, 0.4) is 0 Å². The molecule has 43 heavy (non-hydrogen) atoms. The number of carboxylic acid groups (broad SMARTS) is 1. The fourth-order valence-electron chi connectivity index (χ4n) is 7.02. The van der Waals surface area contributed by atoms with Crippen molar-refractivity contribution in [2.24, 2.45) is 0 Å². The molecular formula is C33H34N4O6. The van der Waals surface area contributed by atoms with E-state index in [0.717, 1.165) is 23.4 Å². The first kappa shape index (κ1) is 28.5. The van der Waals surface area contributed by atoms with Crippen LogP contribution in [-0.2, 0) is 14.3 Å². The summed E-state index contributed by atoms with van der Waals surface area (Å²) in [5.41, 5.74) is 7.34. The number of aromatic nitrogens is 4. The van der Waals surface area contributed by atoms with Crippen LogP contribution in [0, 0.1) is 6.92 Å². The Labute approximate surface area is 248 Å². The number of ether oxygens (including phenoxy) is 1. The number of hydrogen-bond acceptors (Lipinski definition) is 7. The molecule has 2 aromatic heterocycles. The molecule has 0 saturated heterocycles. The average Bonchev–Trinajstić information content (AvgIpc) is 3.61. The van der Waals surface area contributed by atoms with Crippen molar-refractivity contribution in [1.82, 2.24) is 19.9 Å². The number of ketones is 1. The lowest BCUT2D eigenvalue weighted by Gasteiger charge is -2.18. The standard InChI is InChI=1S/C33H34N4O6/c1-7-18-13(2)20-12-25-27(17(6)38)15(4)22(35-25)10-21-14(3)19(8-9-26(39)40)30(36-21)29-31-28(32(41)43-33(29)42)16(5)23(37-31)11-24(18)34-20/h10-14,18-19,34,37H,7-9H2,1-6H3,(H,39,40)/t13?,14?,18-,19+/m1/s1. The summed E-state index contributed by atoms with van der Waals surface area (Å²) >= 11 is 0. The highest BCUT2D eigenvalue weighted by atomic mass is 16.6. The van der Waals surface area contributed by atoms with Crippen LogP contribution < -0.4 is 0 Å². The Morgan fingerprint density at radius 1 is 0.930 bits per heavy atom. The van der Waals surface area contributed by atoms with Gasteiger partial charge in [0, 0.05) is 58.3 Å². The Morgan fingerprint density at radius 3 is 2.33 bits per heavy atom. The predicted octanol–water partition coefficient (Wildman–Crippen LogP) is 6.23. The zero-order chi connectivity index (χ0) is 30.9. The molecule has 222 valence electrons. The summed E-state index contributed by atoms with van der Waals surface area (Å²) in [6.45, 7) is 11.4. The molecule has 4 aliphatic heterocycles. The molecule has 0 aliphatic carbocycles. The van der Waals surface area contributed by atoms with Gasteiger partial charge in [-0.25, -0.2) is 14.6 Å². The van der Waals surface area contributed by atoms with Crippen molar-refractivity contribution in [2.75, 3.05) is 0 Å². The number of aromatic amines is 2. The van der Waals surface area contributed by atoms with Crippen molar-refractivity contribution in [1.29, 1.82) is 0 Å². The minimum Gasteiger partial charge on any atom is -0.481 e. The molecule has 0 spiro atoms. The number of hydrogen-bond donors (Lipinski definition) is 3. The molecule has 0 radical (unpaired) electrons. The minimum absolute atomic E-state index is 0.0946. The van der Waals surface area contributed by atoms with E-state index >= 15 is 0 Å². The summed E-state index contributed by atoms with van der Waals surface area (Å²) < 4.78 is 5.25. The molecule has 4 atom stereocenters. The third-order valence-electron chi connectivity index (χ3n) is 9.44. The highest BCUT2D eigenvalue weighted by molar-refractivity contribution is 6.27. The largest absolute Gasteiger partial charge is 0.481 e. The molecule has 6 rings (SSSR count). The first-order valence-corrected chi connectivity index (χ1v) is 14.7. The average molecular weight is 583 g/mol. The molecule has 8 bridgehead atoms. The van der Waals surface area contributed by atoms with Gasteiger partial charge in [0.2, 0.25) is 0 Å². The van der Waals surface area contributed by atoms with E-state index in [0.29, 0.717) is 44.9 Å². The summed E-state index contributed by atoms with van der Waals surface area (Å²) in [6, 6.07) is 5.73. The lowest BCUT2D eigenvalue weighted by atomic mass is 9.85. The number of esters is 2. The molecule has 0 fully saturated rings. The van der Waals surface area contributed by atoms with Crippen LogP contribution in [0.1, 0.15) is 138 Å². The highest BCUT2D eigenvalue weighted by Gasteiger charge is 2.39. The summed E-state index contributed by atoms with van der Waals surface area (Å²) in [5, 5.41) is 9.50. The molecule has 0 aromatic carbocycles. The Bertz CT molecular complexity index is 1860. The number of fused-ring (bicyclic) bond motifs is 8. The van der Waals surface area contributed by atoms with Gasteiger partial charge in [-0.15, -0.1) is 0 Å². The fourth-order valence-corrected chi connectivity index (χ4v) is 7.02. The van der Waals surface area contributed by atoms with E-state index < -0.39 is 23.8 Å². The predicted molar refractivity (Wildman–Crippen MR) is 159 cm³/mol. The van der Waals surface area contributed by atoms with Crippen molar-refractivity contribution < 1.29 is 29.0 Å². The maximum atomic E-state index is 13.4. The SMILES string of the molecule is CC[C@H]1c2cc3[nH]c4c(c5nc(cc6nc(cc([nH]2)C1C)C(C(C)=O)=C6C)C(C)[C@@H]5CCC(=O)O)C(=O)OC(=O)c4c3C. The molecule has 2 aromatic rings. The van der Waals surface area contributed by atoms with Gasteiger partial charge in [0.05, 0.1) is 28.2 Å². The van der Waals surface area contributed by atoms with Crippen LogP contribution in [0.15, 0.2) is 18.2 Å². The smallest absolute Gasteiger partial charge is 0.350 e. The molecular weight excluding hydrogens is 548 g/mol. The second-order valence-electron chi connectivity index (χ2n) is 11.9. The van der Waals surface area contributed by atoms with Crippen LogP contribution in [0.5, 0.6) is 0 Å². The number of allylic oxidation sites excluding steroid dienone is 2. The van der Waals surface area contributed by atoms with E-state index in [1.807, 2.05) is 39.0 Å². The molecule has 10 heteroatoms. The van der Waals surface area contributed by atoms with Gasteiger partial charge in [-0.3, -0.25) is 14.6 Å².